The number of benzene rings is 3. The van der Waals surface area contributed by atoms with Crippen LogP contribution in [0.15, 0.2) is 182 Å². The van der Waals surface area contributed by atoms with E-state index in [0.29, 0.717) is 39.8 Å². The van der Waals surface area contributed by atoms with Crippen molar-refractivity contribution in [1.82, 2.24) is 59.2 Å². The van der Waals surface area contributed by atoms with Crippen molar-refractivity contribution < 1.29 is 54.0 Å². The van der Waals surface area contributed by atoms with Crippen LogP contribution in [0.4, 0.5) is 26.3 Å². The zero-order valence-electron chi connectivity index (χ0n) is 63.5. The van der Waals surface area contributed by atoms with Crippen molar-refractivity contribution in [1.29, 1.82) is 0 Å². The molecule has 580 valence electrons. The predicted molar refractivity (Wildman–Crippen MR) is 425 cm³/mol. The molecule has 0 saturated heterocycles. The molecule has 0 saturated carbocycles. The number of aromatic nitrogens is 12. The number of nitrogens with zero attached hydrogens (tertiary/aromatic N) is 12. The maximum Gasteiger partial charge on any atom is 0.420 e. The minimum atomic E-state index is -4.82. The van der Waals surface area contributed by atoms with Crippen LogP contribution in [-0.4, -0.2) is 132 Å². The van der Waals surface area contributed by atoms with Gasteiger partial charge in [0.25, 0.3) is 0 Å². The molecule has 0 fully saturated rings. The third kappa shape index (κ3) is 20.6. The fourth-order valence-electron chi connectivity index (χ4n) is 12.3. The van der Waals surface area contributed by atoms with Gasteiger partial charge in [-0.25, -0.2) is 29.0 Å². The second kappa shape index (κ2) is 35.3. The summed E-state index contributed by atoms with van der Waals surface area (Å²) in [6, 6.07) is 48.5. The molecule has 2 N–H and O–H groups in total. The standard InChI is InChI=1S/2C28H31F3N4O2S.C27H30N4O2S/c2*1-5-8-20(17-38(37)27(2,3)4)22-10-6-9-21(33-22)18-13-14-19-16-32-35(24(19)15-18)25-12-7-11-23(34-25)26(36)28(29,30)31;1-5-8-21(18-34(33)27(2,3)4)24-11-7-10-23(30-24)19-13-14-20-16-28-31(25(20)15-19)26-12-6-9-22(17-32)29-26/h2*6-7,9-16,20,26,36H,5,8,17H2,1-4H3;6-7,9-17,21H,5,8,18H2,1-4H3/t20-,26+,38-;20-,26-,38-;21-,34-/m111/s1. The summed E-state index contributed by atoms with van der Waals surface area (Å²) in [4.78, 5) is 38.4. The number of hydrogen-bond acceptors (Lipinski definition) is 15. The Labute approximate surface area is 644 Å². The SMILES string of the molecule is CCC[C@H](C[S@@](=O)C(C)(C)C)c1cccc(-c2ccc3cnn(-c4cccc(C=O)n4)c3c2)n1.CCC[C@H](C[S@@](=O)C(C)(C)C)c1cccc(-c2ccc3cnn(-c4cccc([C@@H](O)C(F)(F)F)n4)c3c2)n1.CCC[C@H](C[S@@](=O)C(C)(C)C)c1cccc(-c2ccc3cnn(-c4cccc([C@H](O)C(F)(F)F)n4)c3c2)n1. The van der Waals surface area contributed by atoms with E-state index >= 15 is 0 Å². The molecular weight excluding hydrogens is 1470 g/mol. The maximum absolute atomic E-state index is 13.0. The summed E-state index contributed by atoms with van der Waals surface area (Å²) in [6.07, 6.45) is -3.69. The van der Waals surface area contributed by atoms with Crippen LogP contribution in [0.1, 0.15) is 191 Å². The second-order valence-electron chi connectivity index (χ2n) is 29.9. The summed E-state index contributed by atoms with van der Waals surface area (Å²) >= 11 is 0. The molecule has 3 aromatic carbocycles. The lowest BCUT2D eigenvalue weighted by Crippen LogP contribution is -2.27. The fraction of sp³-hybridized carbons (Fsp3) is 0.373. The Kier molecular flexibility index (Phi) is 26.7. The van der Waals surface area contributed by atoms with Gasteiger partial charge in [0.1, 0.15) is 5.69 Å². The van der Waals surface area contributed by atoms with Gasteiger partial charge in [-0.3, -0.25) is 32.4 Å². The molecule has 9 heterocycles. The number of aliphatic hydroxyl groups excluding tert-OH is 2. The van der Waals surface area contributed by atoms with Crippen LogP contribution in [-0.2, 0) is 32.4 Å². The number of carbonyl (C=O) groups is 1. The average Bonchev–Trinajstić information content (AvgIpc) is 1.61. The molecule has 0 unspecified atom stereocenters. The number of aliphatic hydroxyl groups is 2. The molecule has 18 nitrogen and oxygen atoms in total. The van der Waals surface area contributed by atoms with Crippen molar-refractivity contribution in [3.8, 4) is 51.2 Å². The lowest BCUT2D eigenvalue weighted by molar-refractivity contribution is -0.208. The number of aldehydes is 1. The van der Waals surface area contributed by atoms with Crippen LogP contribution < -0.4 is 0 Å². The Bertz CT molecular complexity index is 5040. The van der Waals surface area contributed by atoms with Crippen molar-refractivity contribution in [2.45, 2.75) is 178 Å². The van der Waals surface area contributed by atoms with E-state index < -0.39 is 68.3 Å². The van der Waals surface area contributed by atoms with Gasteiger partial charge in [-0.2, -0.15) is 41.6 Å². The van der Waals surface area contributed by atoms with Gasteiger partial charge in [-0.15, -0.1) is 0 Å². The third-order valence-electron chi connectivity index (χ3n) is 18.4. The van der Waals surface area contributed by atoms with E-state index in [1.54, 1.807) is 35.4 Å². The third-order valence-corrected chi connectivity index (χ3v) is 24.6. The van der Waals surface area contributed by atoms with Gasteiger partial charge in [0.2, 0.25) is 0 Å². The molecule has 0 bridgehead atoms. The summed E-state index contributed by atoms with van der Waals surface area (Å²) in [6.45, 7) is 24.3. The largest absolute Gasteiger partial charge is 0.420 e. The van der Waals surface area contributed by atoms with Crippen LogP contribution in [0.3, 0.4) is 0 Å². The quantitative estimate of drug-likeness (QED) is 0.0422. The highest BCUT2D eigenvalue weighted by atomic mass is 32.2. The Morgan fingerprint density at radius 2 is 0.664 bits per heavy atom. The van der Waals surface area contributed by atoms with E-state index in [2.05, 4.69) is 51.0 Å². The lowest BCUT2D eigenvalue weighted by Gasteiger charge is -2.23. The maximum atomic E-state index is 13.0. The molecule has 0 aliphatic rings. The van der Waals surface area contributed by atoms with E-state index in [0.717, 1.165) is 129 Å². The fourth-order valence-corrected chi connectivity index (χ4v) is 15.9. The highest BCUT2D eigenvalue weighted by molar-refractivity contribution is 7.86. The first kappa shape index (κ1) is 83.1. The Balaban J connectivity index is 0.000000176. The second-order valence-corrected chi connectivity index (χ2v) is 36.7. The normalized spacial score (nSPS) is 14.5. The van der Waals surface area contributed by atoms with E-state index in [-0.39, 0.29) is 43.6 Å². The highest BCUT2D eigenvalue weighted by Crippen LogP contribution is 2.37. The summed E-state index contributed by atoms with van der Waals surface area (Å²) in [5.41, 5.74) is 9.17. The summed E-state index contributed by atoms with van der Waals surface area (Å²) in [5, 5.41) is 35.0. The molecule has 12 aromatic rings. The number of hydrogen-bond donors (Lipinski definition) is 2. The zero-order chi connectivity index (χ0) is 79.6. The summed E-state index contributed by atoms with van der Waals surface area (Å²) in [7, 11) is -2.98. The molecule has 12 rings (SSSR count). The van der Waals surface area contributed by atoms with E-state index in [9.17, 15) is 54.0 Å². The van der Waals surface area contributed by atoms with E-state index in [1.165, 1.54) is 33.6 Å². The Morgan fingerprint density at radius 3 is 0.945 bits per heavy atom. The number of carbonyl (C=O) groups excluding carboxylic acids is 1. The molecule has 0 spiro atoms. The van der Waals surface area contributed by atoms with Crippen molar-refractivity contribution in [3.05, 3.63) is 217 Å². The van der Waals surface area contributed by atoms with Crippen LogP contribution in [0.2, 0.25) is 0 Å². The molecule has 8 atom stereocenters. The smallest absolute Gasteiger partial charge is 0.378 e. The van der Waals surface area contributed by atoms with E-state index in [4.69, 9.17) is 15.0 Å². The molecule has 0 radical (unpaired) electrons. The van der Waals surface area contributed by atoms with Gasteiger partial charge in [0.15, 0.2) is 35.9 Å². The van der Waals surface area contributed by atoms with Gasteiger partial charge < -0.3 is 10.2 Å². The molecule has 0 aliphatic heterocycles. The number of alkyl halides is 6. The molecule has 110 heavy (non-hydrogen) atoms. The average molecular weight is 1560 g/mol. The predicted octanol–water partition coefficient (Wildman–Crippen LogP) is 18.7. The van der Waals surface area contributed by atoms with Crippen molar-refractivity contribution in [2.75, 3.05) is 17.3 Å². The number of rotatable bonds is 24. The van der Waals surface area contributed by atoms with Gasteiger partial charge >= 0.3 is 12.4 Å². The first-order valence-electron chi connectivity index (χ1n) is 36.4. The topological polar surface area (TPSA) is 240 Å². The molecule has 0 amide bonds. The van der Waals surface area contributed by atoms with Crippen LogP contribution in [0.25, 0.3) is 83.9 Å². The van der Waals surface area contributed by atoms with Gasteiger partial charge in [0.05, 0.1) is 63.6 Å². The van der Waals surface area contributed by atoms with Crippen LogP contribution in [0.5, 0.6) is 0 Å². The minimum Gasteiger partial charge on any atom is -0.378 e. The van der Waals surface area contributed by atoms with E-state index in [1.807, 2.05) is 178 Å². The van der Waals surface area contributed by atoms with Gasteiger partial charge in [-0.1, -0.05) is 113 Å². The number of halogens is 6. The Morgan fingerprint density at radius 1 is 0.382 bits per heavy atom. The Hall–Kier alpha value is -9.41. The first-order chi connectivity index (χ1) is 52.1. The number of pyridine rings is 6. The minimum absolute atomic E-state index is 0.0567. The monoisotopic (exact) mass is 1560 g/mol. The van der Waals surface area contributed by atoms with Gasteiger partial charge in [-0.05, 0) is 173 Å². The van der Waals surface area contributed by atoms with Crippen molar-refractivity contribution >= 4 is 71.4 Å². The highest BCUT2D eigenvalue weighted by Gasteiger charge is 2.42. The molecular formula is C83H92F6N12O6S3. The molecule has 27 heteroatoms. The zero-order valence-corrected chi connectivity index (χ0v) is 66.0. The first-order valence-corrected chi connectivity index (χ1v) is 40.4. The van der Waals surface area contributed by atoms with Gasteiger partial charge in [0, 0.05) is 132 Å². The molecule has 0 aliphatic carbocycles. The summed E-state index contributed by atoms with van der Waals surface area (Å²) in [5.74, 6) is 2.85. The summed E-state index contributed by atoms with van der Waals surface area (Å²) < 4.78 is 121. The number of fused-ring (bicyclic) bond motifs is 3. The lowest BCUT2D eigenvalue weighted by atomic mass is 10.00. The molecule has 9 aromatic heterocycles. The van der Waals surface area contributed by atoms with Crippen molar-refractivity contribution in [3.63, 3.8) is 0 Å². The van der Waals surface area contributed by atoms with Crippen LogP contribution >= 0.6 is 0 Å². The van der Waals surface area contributed by atoms with Crippen molar-refractivity contribution in [2.24, 2.45) is 0 Å². The van der Waals surface area contributed by atoms with Crippen LogP contribution in [0, 0.1) is 0 Å².